The number of carboxylic acid groups (broad SMARTS) is 1. The summed E-state index contributed by atoms with van der Waals surface area (Å²) < 4.78 is 0. The van der Waals surface area contributed by atoms with Crippen LogP contribution in [-0.4, -0.2) is 17.6 Å². The van der Waals surface area contributed by atoms with E-state index in [-0.39, 0.29) is 5.92 Å². The van der Waals surface area contributed by atoms with Gasteiger partial charge >= 0.3 is 5.97 Å². The molecular weight excluding hydrogens is 166 g/mol. The zero-order valence-corrected chi connectivity index (χ0v) is 8.25. The maximum Gasteiger partial charge on any atom is 0.306 e. The van der Waals surface area contributed by atoms with Crippen molar-refractivity contribution in [2.24, 2.45) is 11.7 Å². The molecule has 0 aliphatic carbocycles. The molecule has 3 heteroatoms. The van der Waals surface area contributed by atoms with E-state index in [0.29, 0.717) is 19.4 Å². The van der Waals surface area contributed by atoms with E-state index in [0.717, 1.165) is 18.4 Å². The third-order valence-corrected chi connectivity index (χ3v) is 2.03. The Kier molecular flexibility index (Phi) is 6.24. The molecule has 3 N–H and O–H groups in total. The molecule has 0 spiro atoms. The number of rotatable bonds is 7. The number of hydrogen-bond acceptors (Lipinski definition) is 2. The van der Waals surface area contributed by atoms with Gasteiger partial charge < -0.3 is 10.8 Å². The molecule has 0 aromatic heterocycles. The molecule has 0 fully saturated rings. The molecule has 1 unspecified atom stereocenters. The molecule has 0 aromatic carbocycles. The van der Waals surface area contributed by atoms with Crippen LogP contribution >= 0.6 is 0 Å². The molecule has 0 rings (SSSR count). The molecular formula is C10H19NO2. The molecule has 0 amide bonds. The van der Waals surface area contributed by atoms with Gasteiger partial charge in [0.2, 0.25) is 0 Å². The lowest BCUT2D eigenvalue weighted by Crippen LogP contribution is -2.15. The van der Waals surface area contributed by atoms with Crippen LogP contribution in [0.3, 0.4) is 0 Å². The molecule has 0 saturated carbocycles. The minimum absolute atomic E-state index is 0.250. The zero-order valence-electron chi connectivity index (χ0n) is 8.25. The molecule has 0 aliphatic heterocycles. The number of carboxylic acids is 1. The molecule has 0 aromatic rings. The Balaban J connectivity index is 3.80. The second kappa shape index (κ2) is 6.66. The van der Waals surface area contributed by atoms with Gasteiger partial charge in [-0.3, -0.25) is 4.79 Å². The van der Waals surface area contributed by atoms with Gasteiger partial charge in [0.15, 0.2) is 0 Å². The highest BCUT2D eigenvalue weighted by atomic mass is 16.4. The van der Waals surface area contributed by atoms with Crippen LogP contribution in [0.25, 0.3) is 0 Å². The number of aliphatic carboxylic acids is 1. The third-order valence-electron chi connectivity index (χ3n) is 2.03. The highest BCUT2D eigenvalue weighted by molar-refractivity contribution is 5.69. The van der Waals surface area contributed by atoms with Gasteiger partial charge in [-0.25, -0.2) is 0 Å². The van der Waals surface area contributed by atoms with Gasteiger partial charge in [0.1, 0.15) is 0 Å². The summed E-state index contributed by atoms with van der Waals surface area (Å²) >= 11 is 0. The van der Waals surface area contributed by atoms with Gasteiger partial charge in [0, 0.05) is 0 Å². The molecule has 0 aliphatic rings. The maximum atomic E-state index is 10.7. The first-order chi connectivity index (χ1) is 6.07. The van der Waals surface area contributed by atoms with E-state index in [1.807, 2.05) is 6.92 Å². The Labute approximate surface area is 79.6 Å². The van der Waals surface area contributed by atoms with E-state index >= 15 is 0 Å². The smallest absolute Gasteiger partial charge is 0.306 e. The largest absolute Gasteiger partial charge is 0.481 e. The van der Waals surface area contributed by atoms with Crippen molar-refractivity contribution >= 4 is 5.97 Å². The topological polar surface area (TPSA) is 63.3 Å². The maximum absolute atomic E-state index is 10.7. The average molecular weight is 185 g/mol. The number of hydrogen-bond donors (Lipinski definition) is 2. The van der Waals surface area contributed by atoms with Gasteiger partial charge in [-0.1, -0.05) is 5.57 Å². The van der Waals surface area contributed by atoms with Crippen molar-refractivity contribution in [3.05, 3.63) is 12.2 Å². The molecule has 0 saturated heterocycles. The first kappa shape index (κ1) is 12.2. The van der Waals surface area contributed by atoms with Crippen LogP contribution < -0.4 is 5.73 Å². The van der Waals surface area contributed by atoms with Crippen molar-refractivity contribution < 1.29 is 9.90 Å². The van der Waals surface area contributed by atoms with Crippen molar-refractivity contribution in [1.29, 1.82) is 0 Å². The Morgan fingerprint density at radius 1 is 1.54 bits per heavy atom. The standard InChI is InChI=1S/C10H19NO2/c1-8(2)5-6-9(10(12)13)4-3-7-11/h9H,1,3-7,11H2,2H3,(H,12,13). The molecule has 0 radical (unpaired) electrons. The Bertz CT molecular complexity index is 178. The Morgan fingerprint density at radius 3 is 2.54 bits per heavy atom. The molecule has 76 valence electrons. The number of nitrogens with two attached hydrogens (primary N) is 1. The second-order valence-corrected chi connectivity index (χ2v) is 3.46. The lowest BCUT2D eigenvalue weighted by molar-refractivity contribution is -0.142. The van der Waals surface area contributed by atoms with Crippen LogP contribution in [0.15, 0.2) is 12.2 Å². The van der Waals surface area contributed by atoms with Gasteiger partial charge in [-0.15, -0.1) is 6.58 Å². The predicted octanol–water partition coefficient (Wildman–Crippen LogP) is 1.78. The zero-order chi connectivity index (χ0) is 10.3. The second-order valence-electron chi connectivity index (χ2n) is 3.46. The van der Waals surface area contributed by atoms with Crippen LogP contribution in [-0.2, 0) is 4.79 Å². The summed E-state index contributed by atoms with van der Waals surface area (Å²) in [5, 5.41) is 8.84. The highest BCUT2D eigenvalue weighted by Gasteiger charge is 2.15. The quantitative estimate of drug-likeness (QED) is 0.594. The lowest BCUT2D eigenvalue weighted by atomic mass is 9.96. The Hall–Kier alpha value is -0.830. The van der Waals surface area contributed by atoms with E-state index in [2.05, 4.69) is 6.58 Å². The van der Waals surface area contributed by atoms with E-state index in [9.17, 15) is 4.79 Å². The average Bonchev–Trinajstić information content (AvgIpc) is 2.03. The summed E-state index contributed by atoms with van der Waals surface area (Å²) in [5.41, 5.74) is 6.36. The van der Waals surface area contributed by atoms with Crippen LogP contribution in [0, 0.1) is 5.92 Å². The Morgan fingerprint density at radius 2 is 2.15 bits per heavy atom. The van der Waals surface area contributed by atoms with E-state index in [4.69, 9.17) is 10.8 Å². The normalized spacial score (nSPS) is 12.5. The van der Waals surface area contributed by atoms with Crippen molar-refractivity contribution in [1.82, 2.24) is 0 Å². The fraction of sp³-hybridized carbons (Fsp3) is 0.700. The minimum atomic E-state index is -0.713. The van der Waals surface area contributed by atoms with Crippen LogP contribution in [0.5, 0.6) is 0 Å². The summed E-state index contributed by atoms with van der Waals surface area (Å²) in [6, 6.07) is 0. The van der Waals surface area contributed by atoms with Gasteiger partial charge in [-0.2, -0.15) is 0 Å². The van der Waals surface area contributed by atoms with E-state index in [1.165, 1.54) is 0 Å². The summed E-state index contributed by atoms with van der Waals surface area (Å²) in [6.07, 6.45) is 2.94. The summed E-state index contributed by atoms with van der Waals surface area (Å²) in [5.74, 6) is -0.963. The molecule has 0 heterocycles. The lowest BCUT2D eigenvalue weighted by Gasteiger charge is -2.10. The van der Waals surface area contributed by atoms with Crippen LogP contribution in [0.4, 0.5) is 0 Å². The predicted molar refractivity (Wildman–Crippen MR) is 53.5 cm³/mol. The van der Waals surface area contributed by atoms with Crippen molar-refractivity contribution in [2.75, 3.05) is 6.54 Å². The summed E-state index contributed by atoms with van der Waals surface area (Å²) in [7, 11) is 0. The molecule has 13 heavy (non-hydrogen) atoms. The van der Waals surface area contributed by atoms with Gasteiger partial charge in [0.05, 0.1) is 5.92 Å². The fourth-order valence-corrected chi connectivity index (χ4v) is 1.18. The van der Waals surface area contributed by atoms with Crippen molar-refractivity contribution in [3.8, 4) is 0 Å². The molecule has 0 bridgehead atoms. The monoisotopic (exact) mass is 185 g/mol. The van der Waals surface area contributed by atoms with E-state index < -0.39 is 5.97 Å². The molecule has 1 atom stereocenters. The highest BCUT2D eigenvalue weighted by Crippen LogP contribution is 2.16. The fourth-order valence-electron chi connectivity index (χ4n) is 1.18. The first-order valence-electron chi connectivity index (χ1n) is 4.65. The van der Waals surface area contributed by atoms with Crippen molar-refractivity contribution in [3.63, 3.8) is 0 Å². The summed E-state index contributed by atoms with van der Waals surface area (Å²) in [4.78, 5) is 10.7. The SMILES string of the molecule is C=C(C)CCC(CCCN)C(=O)O. The molecule has 3 nitrogen and oxygen atoms in total. The van der Waals surface area contributed by atoms with E-state index in [1.54, 1.807) is 0 Å². The first-order valence-corrected chi connectivity index (χ1v) is 4.65. The number of carbonyl (C=O) groups is 1. The summed E-state index contributed by atoms with van der Waals surface area (Å²) in [6.45, 7) is 6.23. The minimum Gasteiger partial charge on any atom is -0.481 e. The third kappa shape index (κ3) is 6.34. The number of allylic oxidation sites excluding steroid dienone is 1. The van der Waals surface area contributed by atoms with Gasteiger partial charge in [0.25, 0.3) is 0 Å². The van der Waals surface area contributed by atoms with Crippen LogP contribution in [0.1, 0.15) is 32.6 Å². The van der Waals surface area contributed by atoms with Gasteiger partial charge in [-0.05, 0) is 39.2 Å². The van der Waals surface area contributed by atoms with Crippen LogP contribution in [0.2, 0.25) is 0 Å². The van der Waals surface area contributed by atoms with Crippen molar-refractivity contribution in [2.45, 2.75) is 32.6 Å².